The van der Waals surface area contributed by atoms with Gasteiger partial charge in [-0.25, -0.2) is 5.84 Å². The lowest BCUT2D eigenvalue weighted by Gasteiger charge is -2.48. The van der Waals surface area contributed by atoms with E-state index in [1.165, 1.54) is 0 Å². The summed E-state index contributed by atoms with van der Waals surface area (Å²) in [5, 5.41) is 9.80. The van der Waals surface area contributed by atoms with Crippen LogP contribution in [-0.4, -0.2) is 46.5 Å². The largest absolute Gasteiger partial charge is 0.369 e. The molecule has 2 aromatic carbocycles. The second-order valence-corrected chi connectivity index (χ2v) is 8.93. The van der Waals surface area contributed by atoms with Gasteiger partial charge in [0.25, 0.3) is 0 Å². The van der Waals surface area contributed by atoms with Crippen LogP contribution in [0.15, 0.2) is 60.4 Å². The van der Waals surface area contributed by atoms with E-state index in [1.54, 1.807) is 11.2 Å². The van der Waals surface area contributed by atoms with Gasteiger partial charge in [0.05, 0.1) is 29.4 Å². The summed E-state index contributed by atoms with van der Waals surface area (Å²) in [5.41, 5.74) is 17.4. The molecule has 1 saturated heterocycles. The molecule has 2 aliphatic rings. The van der Waals surface area contributed by atoms with Gasteiger partial charge in [0.2, 0.25) is 5.91 Å². The number of rotatable bonds is 4. The van der Waals surface area contributed by atoms with Crippen LogP contribution < -0.4 is 27.1 Å². The number of hydrazine groups is 1. The van der Waals surface area contributed by atoms with Crippen LogP contribution >= 0.6 is 0 Å². The van der Waals surface area contributed by atoms with E-state index in [2.05, 4.69) is 51.2 Å². The standard InChI is InChI=1S/C24H30N8O/c1-15-3-2-4-18(11-15)31-14-17(23(25)33)6-8-21(31)22-9-10-30(24(26)32(22)27)19-7-5-16-13-28-29-20(16)12-19/h2-5,7,9,11-13,17,21,24H,6,8,10,14,26-27H2,1H3,(H2,25,33)(H,28,29)/t17-,21?,24?/m0/s1. The summed E-state index contributed by atoms with van der Waals surface area (Å²) in [6, 6.07) is 14.4. The number of carbonyl (C=O) groups excluding carboxylic acids is 1. The van der Waals surface area contributed by atoms with Gasteiger partial charge in [0.1, 0.15) is 0 Å². The van der Waals surface area contributed by atoms with Crippen molar-refractivity contribution in [1.82, 2.24) is 15.2 Å². The average Bonchev–Trinajstić information content (AvgIpc) is 3.28. The van der Waals surface area contributed by atoms with Crippen molar-refractivity contribution in [1.29, 1.82) is 0 Å². The molecule has 9 nitrogen and oxygen atoms in total. The lowest BCUT2D eigenvalue weighted by atomic mass is 9.89. The Morgan fingerprint density at radius 1 is 1.12 bits per heavy atom. The van der Waals surface area contributed by atoms with Crippen molar-refractivity contribution in [3.63, 3.8) is 0 Å². The molecular formula is C24H30N8O. The molecule has 1 fully saturated rings. The zero-order valence-corrected chi connectivity index (χ0v) is 18.7. The van der Waals surface area contributed by atoms with Crippen LogP contribution in [0.3, 0.4) is 0 Å². The number of benzene rings is 2. The second kappa shape index (κ2) is 8.42. The van der Waals surface area contributed by atoms with Crippen LogP contribution in [0, 0.1) is 12.8 Å². The predicted octanol–water partition coefficient (Wildman–Crippen LogP) is 1.76. The number of nitrogens with one attached hydrogen (secondary N) is 1. The Kier molecular flexibility index (Phi) is 5.43. The molecule has 2 aliphatic heterocycles. The first kappa shape index (κ1) is 21.3. The van der Waals surface area contributed by atoms with E-state index in [0.29, 0.717) is 13.1 Å². The fraction of sp³-hybridized carbons (Fsp3) is 0.333. The zero-order chi connectivity index (χ0) is 23.1. The average molecular weight is 447 g/mol. The van der Waals surface area contributed by atoms with E-state index in [1.807, 2.05) is 24.3 Å². The van der Waals surface area contributed by atoms with Gasteiger partial charge >= 0.3 is 0 Å². The Hall–Kier alpha value is -3.56. The minimum Gasteiger partial charge on any atom is -0.369 e. The summed E-state index contributed by atoms with van der Waals surface area (Å²) < 4.78 is 0. The minimum absolute atomic E-state index is 0.00990. The number of aromatic amines is 1. The summed E-state index contributed by atoms with van der Waals surface area (Å²) >= 11 is 0. The normalized spacial score (nSPS) is 23.7. The Morgan fingerprint density at radius 2 is 1.94 bits per heavy atom. The molecule has 2 unspecified atom stereocenters. The van der Waals surface area contributed by atoms with Gasteiger partial charge in [-0.1, -0.05) is 12.1 Å². The summed E-state index contributed by atoms with van der Waals surface area (Å²) in [5.74, 6) is 6.15. The highest BCUT2D eigenvalue weighted by molar-refractivity contribution is 5.82. The molecular weight excluding hydrogens is 416 g/mol. The maximum Gasteiger partial charge on any atom is 0.222 e. The van der Waals surface area contributed by atoms with Crippen LogP contribution in [0.1, 0.15) is 18.4 Å². The summed E-state index contributed by atoms with van der Waals surface area (Å²) in [6.07, 6.45) is 4.90. The zero-order valence-electron chi connectivity index (χ0n) is 18.7. The highest BCUT2D eigenvalue weighted by Crippen LogP contribution is 2.34. The number of piperidine rings is 1. The van der Waals surface area contributed by atoms with Gasteiger partial charge in [-0.15, -0.1) is 0 Å². The summed E-state index contributed by atoms with van der Waals surface area (Å²) in [4.78, 5) is 16.3. The number of aryl methyl sites for hydroxylation is 1. The predicted molar refractivity (Wildman–Crippen MR) is 130 cm³/mol. The highest BCUT2D eigenvalue weighted by atomic mass is 16.1. The second-order valence-electron chi connectivity index (χ2n) is 8.93. The Labute approximate surface area is 192 Å². The fourth-order valence-corrected chi connectivity index (χ4v) is 4.98. The molecule has 3 aromatic rings. The first-order valence-electron chi connectivity index (χ1n) is 11.2. The van der Waals surface area contributed by atoms with E-state index in [0.717, 1.165) is 46.4 Å². The van der Waals surface area contributed by atoms with Gasteiger partial charge in [-0.05, 0) is 61.7 Å². The number of fused-ring (bicyclic) bond motifs is 1. The molecule has 7 N–H and O–H groups in total. The van der Waals surface area contributed by atoms with Crippen molar-refractivity contribution < 1.29 is 4.79 Å². The molecule has 0 radical (unpaired) electrons. The molecule has 1 amide bonds. The summed E-state index contributed by atoms with van der Waals surface area (Å²) in [6.45, 7) is 3.25. The molecule has 5 rings (SSSR count). The molecule has 0 spiro atoms. The van der Waals surface area contributed by atoms with Crippen LogP contribution in [-0.2, 0) is 4.79 Å². The number of hydrogen-bond acceptors (Lipinski definition) is 7. The van der Waals surface area contributed by atoms with Gasteiger partial charge < -0.3 is 15.5 Å². The topological polar surface area (TPSA) is 134 Å². The van der Waals surface area contributed by atoms with Crippen molar-refractivity contribution in [2.75, 3.05) is 22.9 Å². The van der Waals surface area contributed by atoms with Crippen molar-refractivity contribution in [2.24, 2.45) is 23.2 Å². The molecule has 9 heteroatoms. The van der Waals surface area contributed by atoms with Crippen LogP contribution in [0.4, 0.5) is 11.4 Å². The van der Waals surface area contributed by atoms with E-state index in [-0.39, 0.29) is 17.9 Å². The van der Waals surface area contributed by atoms with E-state index >= 15 is 0 Å². The first-order valence-corrected chi connectivity index (χ1v) is 11.2. The Morgan fingerprint density at radius 3 is 2.73 bits per heavy atom. The number of aromatic nitrogens is 2. The molecule has 1 aromatic heterocycles. The quantitative estimate of drug-likeness (QED) is 0.449. The fourth-order valence-electron chi connectivity index (χ4n) is 4.98. The molecule has 0 aliphatic carbocycles. The highest BCUT2D eigenvalue weighted by Gasteiger charge is 2.38. The minimum atomic E-state index is -0.529. The number of amides is 1. The van der Waals surface area contributed by atoms with E-state index in [9.17, 15) is 4.79 Å². The number of nitrogens with zero attached hydrogens (tertiary/aromatic N) is 4. The third-order valence-electron chi connectivity index (χ3n) is 6.82. The SMILES string of the molecule is Cc1cccc(N2C[C@@H](C(N)=O)CCC2C2=CCN(c3ccc4cn[nH]c4c3)C(N)N2N)c1. The Bertz CT molecular complexity index is 1200. The van der Waals surface area contributed by atoms with Gasteiger partial charge in [-0.2, -0.15) is 5.10 Å². The number of primary amides is 1. The number of anilines is 2. The van der Waals surface area contributed by atoms with Gasteiger partial charge in [0.15, 0.2) is 6.29 Å². The van der Waals surface area contributed by atoms with Crippen molar-refractivity contribution in [3.8, 4) is 0 Å². The molecule has 3 heterocycles. The maximum atomic E-state index is 12.0. The lowest BCUT2D eigenvalue weighted by molar-refractivity contribution is -0.122. The lowest BCUT2D eigenvalue weighted by Crippen LogP contribution is -2.63. The van der Waals surface area contributed by atoms with Crippen LogP contribution in [0.5, 0.6) is 0 Å². The number of nitrogens with two attached hydrogens (primary N) is 3. The first-order chi connectivity index (χ1) is 15.9. The van der Waals surface area contributed by atoms with Crippen molar-refractivity contribution in [3.05, 3.63) is 66.0 Å². The van der Waals surface area contributed by atoms with E-state index in [4.69, 9.17) is 17.3 Å². The smallest absolute Gasteiger partial charge is 0.222 e. The molecule has 0 saturated carbocycles. The van der Waals surface area contributed by atoms with E-state index < -0.39 is 6.29 Å². The molecule has 33 heavy (non-hydrogen) atoms. The number of H-pyrrole nitrogens is 1. The van der Waals surface area contributed by atoms with Crippen LogP contribution in [0.25, 0.3) is 10.9 Å². The monoisotopic (exact) mass is 446 g/mol. The number of carbonyl (C=O) groups is 1. The number of hydrogen-bond donors (Lipinski definition) is 4. The Balaban J connectivity index is 1.45. The van der Waals surface area contributed by atoms with Crippen LogP contribution in [0.2, 0.25) is 0 Å². The maximum absolute atomic E-state index is 12.0. The third-order valence-corrected chi connectivity index (χ3v) is 6.82. The van der Waals surface area contributed by atoms with Gasteiger partial charge in [0, 0.05) is 29.9 Å². The van der Waals surface area contributed by atoms with Crippen molar-refractivity contribution in [2.45, 2.75) is 32.1 Å². The third kappa shape index (κ3) is 3.90. The molecule has 172 valence electrons. The molecule has 3 atom stereocenters. The summed E-state index contributed by atoms with van der Waals surface area (Å²) in [7, 11) is 0. The van der Waals surface area contributed by atoms with Gasteiger partial charge in [-0.3, -0.25) is 20.6 Å². The van der Waals surface area contributed by atoms with Crippen molar-refractivity contribution >= 4 is 28.2 Å². The molecule has 0 bridgehead atoms.